The molecule has 0 saturated carbocycles. The van der Waals surface area contributed by atoms with Crippen molar-refractivity contribution in [2.45, 2.75) is 44.8 Å². The lowest BCUT2D eigenvalue weighted by molar-refractivity contribution is -0.0110. The van der Waals surface area contributed by atoms with Crippen molar-refractivity contribution in [3.05, 3.63) is 29.8 Å². The van der Waals surface area contributed by atoms with Crippen molar-refractivity contribution in [2.75, 3.05) is 19.8 Å². The Kier molecular flexibility index (Phi) is 4.58. The maximum Gasteiger partial charge on any atom is 0.124 e. The third kappa shape index (κ3) is 2.99. The van der Waals surface area contributed by atoms with E-state index in [1.165, 1.54) is 18.4 Å². The van der Waals surface area contributed by atoms with Crippen LogP contribution in [0.1, 0.15) is 44.2 Å². The molecule has 1 aromatic carbocycles. The number of fused-ring (bicyclic) bond motifs is 1. The van der Waals surface area contributed by atoms with Crippen LogP contribution in [0.5, 0.6) is 5.75 Å². The van der Waals surface area contributed by atoms with Gasteiger partial charge in [0.1, 0.15) is 11.9 Å². The highest BCUT2D eigenvalue weighted by Gasteiger charge is 2.33. The molecule has 110 valence electrons. The Morgan fingerprint density at radius 1 is 1.30 bits per heavy atom. The first-order valence-electron chi connectivity index (χ1n) is 7.95. The molecule has 0 spiro atoms. The third-order valence-electron chi connectivity index (χ3n) is 4.40. The van der Waals surface area contributed by atoms with Gasteiger partial charge < -0.3 is 14.8 Å². The summed E-state index contributed by atoms with van der Waals surface area (Å²) in [5, 5.41) is 3.68. The van der Waals surface area contributed by atoms with Crippen LogP contribution in [0.25, 0.3) is 0 Å². The molecule has 3 nitrogen and oxygen atoms in total. The van der Waals surface area contributed by atoms with Crippen molar-refractivity contribution < 1.29 is 9.47 Å². The molecule has 20 heavy (non-hydrogen) atoms. The van der Waals surface area contributed by atoms with E-state index >= 15 is 0 Å². The first-order chi connectivity index (χ1) is 9.88. The van der Waals surface area contributed by atoms with E-state index in [0.29, 0.717) is 18.1 Å². The minimum Gasteiger partial charge on any atom is -0.490 e. The summed E-state index contributed by atoms with van der Waals surface area (Å²) in [5.74, 6) is 1.60. The second-order valence-corrected chi connectivity index (χ2v) is 5.91. The highest BCUT2D eigenvalue weighted by molar-refractivity contribution is 5.38. The number of hydrogen-bond donors (Lipinski definition) is 1. The Hall–Kier alpha value is -1.06. The first-order valence-corrected chi connectivity index (χ1v) is 7.95. The van der Waals surface area contributed by atoms with Gasteiger partial charge in [-0.25, -0.2) is 0 Å². The molecular weight excluding hydrogens is 250 g/mol. The van der Waals surface area contributed by atoms with Crippen molar-refractivity contribution in [1.82, 2.24) is 5.32 Å². The van der Waals surface area contributed by atoms with E-state index in [1.807, 2.05) is 0 Å². The molecule has 1 saturated heterocycles. The minimum atomic E-state index is 0.291. The van der Waals surface area contributed by atoms with Crippen LogP contribution in [-0.4, -0.2) is 25.9 Å². The predicted octanol–water partition coefficient (Wildman–Crippen LogP) is 3.31. The van der Waals surface area contributed by atoms with Crippen LogP contribution >= 0.6 is 0 Å². The van der Waals surface area contributed by atoms with E-state index in [9.17, 15) is 0 Å². The quantitative estimate of drug-likeness (QED) is 0.914. The summed E-state index contributed by atoms with van der Waals surface area (Å²) in [5.41, 5.74) is 1.31. The van der Waals surface area contributed by atoms with Crippen LogP contribution in [0, 0.1) is 5.92 Å². The largest absolute Gasteiger partial charge is 0.490 e. The molecule has 3 heteroatoms. The summed E-state index contributed by atoms with van der Waals surface area (Å²) in [4.78, 5) is 0. The van der Waals surface area contributed by atoms with Gasteiger partial charge in [-0.15, -0.1) is 0 Å². The van der Waals surface area contributed by atoms with Crippen LogP contribution in [0.2, 0.25) is 0 Å². The van der Waals surface area contributed by atoms with Crippen LogP contribution in [0.3, 0.4) is 0 Å². The van der Waals surface area contributed by atoms with Crippen LogP contribution in [0.4, 0.5) is 0 Å². The molecule has 0 bridgehead atoms. The molecule has 2 aliphatic rings. The zero-order valence-corrected chi connectivity index (χ0v) is 12.3. The van der Waals surface area contributed by atoms with Gasteiger partial charge in [-0.3, -0.25) is 0 Å². The molecule has 0 aliphatic carbocycles. The van der Waals surface area contributed by atoms with Gasteiger partial charge in [0.2, 0.25) is 0 Å². The summed E-state index contributed by atoms with van der Waals surface area (Å²) in [7, 11) is 0. The van der Waals surface area contributed by atoms with E-state index in [2.05, 4.69) is 36.5 Å². The Balaban J connectivity index is 1.76. The lowest BCUT2D eigenvalue weighted by Gasteiger charge is -2.38. The van der Waals surface area contributed by atoms with Crippen molar-refractivity contribution >= 4 is 0 Å². The fourth-order valence-electron chi connectivity index (χ4n) is 3.31. The molecule has 2 aliphatic heterocycles. The monoisotopic (exact) mass is 275 g/mol. The second kappa shape index (κ2) is 6.59. The Morgan fingerprint density at radius 2 is 2.20 bits per heavy atom. The maximum atomic E-state index is 6.26. The van der Waals surface area contributed by atoms with E-state index in [4.69, 9.17) is 9.47 Å². The zero-order valence-electron chi connectivity index (χ0n) is 12.3. The van der Waals surface area contributed by atoms with Crippen LogP contribution in [0.15, 0.2) is 24.3 Å². The summed E-state index contributed by atoms with van der Waals surface area (Å²) in [6.45, 7) is 5.04. The second-order valence-electron chi connectivity index (χ2n) is 5.91. The molecule has 0 aromatic heterocycles. The zero-order chi connectivity index (χ0) is 13.8. The van der Waals surface area contributed by atoms with Crippen molar-refractivity contribution in [2.24, 2.45) is 5.92 Å². The Morgan fingerprint density at radius 3 is 3.00 bits per heavy atom. The predicted molar refractivity (Wildman–Crippen MR) is 80.1 cm³/mol. The third-order valence-corrected chi connectivity index (χ3v) is 4.40. The molecule has 0 amide bonds. The fourth-order valence-corrected chi connectivity index (χ4v) is 3.31. The molecule has 3 rings (SSSR count). The molecular formula is C17H25NO2. The van der Waals surface area contributed by atoms with Crippen molar-refractivity contribution in [1.29, 1.82) is 0 Å². The smallest absolute Gasteiger partial charge is 0.124 e. The highest BCUT2D eigenvalue weighted by atomic mass is 16.5. The van der Waals surface area contributed by atoms with Crippen LogP contribution < -0.4 is 10.1 Å². The van der Waals surface area contributed by atoms with E-state index < -0.39 is 0 Å². The number of benzene rings is 1. The van der Waals surface area contributed by atoms with Crippen molar-refractivity contribution in [3.8, 4) is 5.75 Å². The SMILES string of the molecule is CCCNC1CC(C2CCCOC2)Oc2ccccc21. The molecule has 3 unspecified atom stereocenters. The lowest BCUT2D eigenvalue weighted by atomic mass is 9.87. The average molecular weight is 275 g/mol. The summed E-state index contributed by atoms with van der Waals surface area (Å²) in [6, 6.07) is 8.89. The van der Waals surface area contributed by atoms with E-state index in [-0.39, 0.29) is 0 Å². The molecule has 1 aromatic rings. The number of ether oxygens (including phenoxy) is 2. The van der Waals surface area contributed by atoms with E-state index in [0.717, 1.165) is 38.3 Å². The van der Waals surface area contributed by atoms with Crippen LogP contribution in [-0.2, 0) is 4.74 Å². The molecule has 1 fully saturated rings. The van der Waals surface area contributed by atoms with Gasteiger partial charge in [0.05, 0.1) is 6.61 Å². The standard InChI is InChI=1S/C17H25NO2/c1-2-9-18-15-11-17(13-6-5-10-19-12-13)20-16-8-4-3-7-14(15)16/h3-4,7-8,13,15,17-18H,2,5-6,9-12H2,1H3. The number of hydrogen-bond acceptors (Lipinski definition) is 3. The van der Waals surface area contributed by atoms with Gasteiger partial charge in [0.15, 0.2) is 0 Å². The maximum absolute atomic E-state index is 6.26. The average Bonchev–Trinajstić information content (AvgIpc) is 2.53. The van der Waals surface area contributed by atoms with Crippen molar-refractivity contribution in [3.63, 3.8) is 0 Å². The number of para-hydroxylation sites is 1. The van der Waals surface area contributed by atoms with Gasteiger partial charge in [-0.05, 0) is 31.9 Å². The molecule has 0 radical (unpaired) electrons. The minimum absolute atomic E-state index is 0.291. The number of nitrogens with one attached hydrogen (secondary N) is 1. The van der Waals surface area contributed by atoms with Gasteiger partial charge in [-0.1, -0.05) is 25.1 Å². The topological polar surface area (TPSA) is 30.5 Å². The fraction of sp³-hybridized carbons (Fsp3) is 0.647. The van der Waals surface area contributed by atoms with Gasteiger partial charge in [0, 0.05) is 30.6 Å². The Labute approximate surface area is 121 Å². The van der Waals surface area contributed by atoms with Gasteiger partial charge in [-0.2, -0.15) is 0 Å². The number of rotatable bonds is 4. The van der Waals surface area contributed by atoms with Gasteiger partial charge >= 0.3 is 0 Å². The Bertz CT molecular complexity index is 429. The lowest BCUT2D eigenvalue weighted by Crippen LogP contribution is -2.40. The van der Waals surface area contributed by atoms with Gasteiger partial charge in [0.25, 0.3) is 0 Å². The molecule has 2 heterocycles. The summed E-state index contributed by atoms with van der Waals surface area (Å²) in [6.07, 6.45) is 4.91. The normalized spacial score (nSPS) is 29.6. The molecule has 1 N–H and O–H groups in total. The van der Waals surface area contributed by atoms with E-state index in [1.54, 1.807) is 0 Å². The highest BCUT2D eigenvalue weighted by Crippen LogP contribution is 2.38. The first kappa shape index (κ1) is 13.9. The summed E-state index contributed by atoms with van der Waals surface area (Å²) < 4.78 is 11.9. The molecule has 3 atom stereocenters. The summed E-state index contributed by atoms with van der Waals surface area (Å²) >= 11 is 0.